The van der Waals surface area contributed by atoms with Crippen LogP contribution in [0.4, 0.5) is 5.69 Å². The highest BCUT2D eigenvalue weighted by molar-refractivity contribution is 6.15. The molecule has 1 aromatic carbocycles. The van der Waals surface area contributed by atoms with Gasteiger partial charge in [0.1, 0.15) is 11.3 Å². The third-order valence-electron chi connectivity index (χ3n) is 4.30. The molecule has 0 saturated carbocycles. The summed E-state index contributed by atoms with van der Waals surface area (Å²) in [6.07, 6.45) is 4.25. The first-order chi connectivity index (χ1) is 15.4. The molecular formula is C22H24N4O6. The number of carbonyl (C=O) groups is 2. The molecule has 1 unspecified atom stereocenters. The van der Waals surface area contributed by atoms with Crippen molar-refractivity contribution in [3.05, 3.63) is 88.1 Å². The second kappa shape index (κ2) is 11.8. The van der Waals surface area contributed by atoms with Crippen LogP contribution in [0.3, 0.4) is 0 Å². The number of hydrogen-bond acceptors (Lipinski definition) is 9. The molecule has 10 nitrogen and oxygen atoms in total. The van der Waals surface area contributed by atoms with E-state index in [1.54, 1.807) is 37.3 Å². The largest absolute Gasteiger partial charge is 0.464 e. The van der Waals surface area contributed by atoms with E-state index >= 15 is 0 Å². The smallest absolute Gasteiger partial charge is 0.355 e. The molecule has 1 atom stereocenters. The van der Waals surface area contributed by atoms with Crippen LogP contribution in [0, 0.1) is 10.1 Å². The van der Waals surface area contributed by atoms with E-state index in [0.717, 1.165) is 5.56 Å². The van der Waals surface area contributed by atoms with Crippen LogP contribution in [0.2, 0.25) is 0 Å². The lowest BCUT2D eigenvalue weighted by molar-refractivity contribution is -0.384. The lowest BCUT2D eigenvalue weighted by Gasteiger charge is -2.14. The van der Waals surface area contributed by atoms with Crippen molar-refractivity contribution in [1.29, 1.82) is 0 Å². The van der Waals surface area contributed by atoms with Crippen molar-refractivity contribution in [3.8, 4) is 0 Å². The molecule has 0 aliphatic heterocycles. The van der Waals surface area contributed by atoms with E-state index in [2.05, 4.69) is 15.6 Å². The van der Waals surface area contributed by atoms with Crippen molar-refractivity contribution in [3.63, 3.8) is 0 Å². The molecule has 2 aromatic rings. The standard InChI is InChI=1S/C22H24N4O6/c1-4-32-21(27)18(19-7-5-6-12-23-19)13-25-20(22(28)31-3)14-24-15(2)16-8-10-17(11-9-16)26(29)30/h5-15,24-25H,4H2,1-3H3/b18-13-,20-14+. The minimum absolute atomic E-state index is 0.0143. The van der Waals surface area contributed by atoms with Gasteiger partial charge in [0.2, 0.25) is 0 Å². The Bertz CT molecular complexity index is 1000. The Hall–Kier alpha value is -4.21. The number of nitro benzene ring substituents is 1. The van der Waals surface area contributed by atoms with E-state index in [-0.39, 0.29) is 29.6 Å². The summed E-state index contributed by atoms with van der Waals surface area (Å²) in [5.41, 5.74) is 1.28. The van der Waals surface area contributed by atoms with Crippen LogP contribution in [0.1, 0.15) is 31.1 Å². The topological polar surface area (TPSA) is 133 Å². The number of aromatic nitrogens is 1. The van der Waals surface area contributed by atoms with Gasteiger partial charge in [0.15, 0.2) is 0 Å². The van der Waals surface area contributed by atoms with Gasteiger partial charge in [-0.15, -0.1) is 0 Å². The Morgan fingerprint density at radius 3 is 2.44 bits per heavy atom. The van der Waals surface area contributed by atoms with Gasteiger partial charge in [0.05, 0.1) is 24.3 Å². The number of non-ortho nitro benzene ring substituents is 1. The molecule has 0 radical (unpaired) electrons. The average molecular weight is 440 g/mol. The molecule has 10 heteroatoms. The van der Waals surface area contributed by atoms with Crippen molar-refractivity contribution in [2.75, 3.05) is 13.7 Å². The Morgan fingerprint density at radius 2 is 1.88 bits per heavy atom. The predicted octanol–water partition coefficient (Wildman–Crippen LogP) is 2.85. The van der Waals surface area contributed by atoms with Crippen LogP contribution in [0.25, 0.3) is 5.57 Å². The van der Waals surface area contributed by atoms with Crippen LogP contribution in [0.15, 0.2) is 66.8 Å². The Morgan fingerprint density at radius 1 is 1.16 bits per heavy atom. The lowest BCUT2D eigenvalue weighted by atomic mass is 10.1. The van der Waals surface area contributed by atoms with Crippen molar-refractivity contribution in [1.82, 2.24) is 15.6 Å². The summed E-state index contributed by atoms with van der Waals surface area (Å²) >= 11 is 0. The summed E-state index contributed by atoms with van der Waals surface area (Å²) in [5, 5.41) is 16.6. The number of pyridine rings is 1. The number of nitrogens with one attached hydrogen (secondary N) is 2. The molecule has 168 valence electrons. The summed E-state index contributed by atoms with van der Waals surface area (Å²) in [5.74, 6) is -1.27. The van der Waals surface area contributed by atoms with Crippen molar-refractivity contribution < 1.29 is 24.0 Å². The maximum atomic E-state index is 12.4. The third kappa shape index (κ3) is 6.66. The van der Waals surface area contributed by atoms with Gasteiger partial charge in [-0.2, -0.15) is 0 Å². The Labute approximate surface area is 185 Å². The van der Waals surface area contributed by atoms with Gasteiger partial charge in [-0.1, -0.05) is 18.2 Å². The zero-order valence-electron chi connectivity index (χ0n) is 17.9. The summed E-state index contributed by atoms with van der Waals surface area (Å²) in [4.78, 5) is 39.0. The summed E-state index contributed by atoms with van der Waals surface area (Å²) in [6.45, 7) is 3.68. The zero-order valence-corrected chi connectivity index (χ0v) is 17.9. The van der Waals surface area contributed by atoms with Crippen molar-refractivity contribution in [2.45, 2.75) is 19.9 Å². The molecule has 0 fully saturated rings. The fourth-order valence-corrected chi connectivity index (χ4v) is 2.58. The molecule has 1 heterocycles. The van der Waals surface area contributed by atoms with Gasteiger partial charge in [-0.25, -0.2) is 9.59 Å². The quantitative estimate of drug-likeness (QED) is 0.248. The molecular weight excluding hydrogens is 416 g/mol. The molecule has 32 heavy (non-hydrogen) atoms. The van der Waals surface area contributed by atoms with Crippen molar-refractivity contribution in [2.24, 2.45) is 0 Å². The molecule has 0 amide bonds. The highest BCUT2D eigenvalue weighted by Gasteiger charge is 2.16. The average Bonchev–Trinajstić information content (AvgIpc) is 2.81. The van der Waals surface area contributed by atoms with Crippen LogP contribution in [-0.2, 0) is 19.1 Å². The third-order valence-corrected chi connectivity index (χ3v) is 4.30. The van der Waals surface area contributed by atoms with Crippen LogP contribution in [0.5, 0.6) is 0 Å². The van der Waals surface area contributed by atoms with Gasteiger partial charge in [0, 0.05) is 36.8 Å². The van der Waals surface area contributed by atoms with E-state index in [4.69, 9.17) is 9.47 Å². The molecule has 2 N–H and O–H groups in total. The van der Waals surface area contributed by atoms with E-state index in [1.807, 2.05) is 6.92 Å². The molecule has 0 spiro atoms. The number of ether oxygens (including phenoxy) is 2. The fraction of sp³-hybridized carbons (Fsp3) is 0.227. The van der Waals surface area contributed by atoms with E-state index in [9.17, 15) is 19.7 Å². The van der Waals surface area contributed by atoms with Gasteiger partial charge in [-0.05, 0) is 31.5 Å². The first-order valence-corrected chi connectivity index (χ1v) is 9.71. The Balaban J connectivity index is 2.24. The van der Waals surface area contributed by atoms with Crippen molar-refractivity contribution >= 4 is 23.2 Å². The minimum Gasteiger partial charge on any atom is -0.464 e. The van der Waals surface area contributed by atoms with Crippen LogP contribution < -0.4 is 10.6 Å². The fourth-order valence-electron chi connectivity index (χ4n) is 2.58. The molecule has 0 bridgehead atoms. The Kier molecular flexibility index (Phi) is 8.91. The molecule has 0 aliphatic carbocycles. The SMILES string of the molecule is CCOC(=O)/C(=C\N/C(=C/NC(C)c1ccc([N+](=O)[O-])cc1)C(=O)OC)c1ccccn1. The predicted molar refractivity (Wildman–Crippen MR) is 117 cm³/mol. The zero-order chi connectivity index (χ0) is 23.5. The monoisotopic (exact) mass is 440 g/mol. The number of nitro groups is 1. The second-order valence-corrected chi connectivity index (χ2v) is 6.42. The van der Waals surface area contributed by atoms with Crippen LogP contribution >= 0.6 is 0 Å². The highest BCUT2D eigenvalue weighted by Crippen LogP contribution is 2.18. The molecule has 1 aromatic heterocycles. The van der Waals surface area contributed by atoms with Gasteiger partial charge in [-0.3, -0.25) is 15.1 Å². The number of hydrogen-bond donors (Lipinski definition) is 2. The van der Waals surface area contributed by atoms with Gasteiger partial charge < -0.3 is 20.1 Å². The summed E-state index contributed by atoms with van der Waals surface area (Å²) in [7, 11) is 1.23. The maximum absolute atomic E-state index is 12.4. The van der Waals surface area contributed by atoms with E-state index in [0.29, 0.717) is 5.69 Å². The van der Waals surface area contributed by atoms with E-state index < -0.39 is 16.9 Å². The number of carbonyl (C=O) groups excluding carboxylic acids is 2. The highest BCUT2D eigenvalue weighted by atomic mass is 16.6. The first-order valence-electron chi connectivity index (χ1n) is 9.71. The maximum Gasteiger partial charge on any atom is 0.355 e. The summed E-state index contributed by atoms with van der Waals surface area (Å²) < 4.78 is 9.87. The second-order valence-electron chi connectivity index (χ2n) is 6.42. The molecule has 2 rings (SSSR count). The number of methoxy groups -OCH3 is 1. The van der Waals surface area contributed by atoms with Gasteiger partial charge >= 0.3 is 11.9 Å². The van der Waals surface area contributed by atoms with Gasteiger partial charge in [0.25, 0.3) is 5.69 Å². The number of esters is 2. The number of benzene rings is 1. The molecule has 0 saturated heterocycles. The summed E-state index contributed by atoms with van der Waals surface area (Å²) in [6, 6.07) is 10.8. The lowest BCUT2D eigenvalue weighted by Crippen LogP contribution is -2.23. The minimum atomic E-state index is -0.672. The first kappa shape index (κ1) is 24.1. The number of rotatable bonds is 10. The number of nitrogens with zero attached hydrogens (tertiary/aromatic N) is 2. The van der Waals surface area contributed by atoms with E-state index in [1.165, 1.54) is 37.8 Å². The molecule has 0 aliphatic rings. The van der Waals surface area contributed by atoms with Crippen LogP contribution in [-0.4, -0.2) is 35.6 Å². The normalized spacial score (nSPS) is 12.5.